The summed E-state index contributed by atoms with van der Waals surface area (Å²) >= 11 is 1.36. The number of carbonyl (C=O) groups excluding carboxylic acids is 1. The van der Waals surface area contributed by atoms with Crippen molar-refractivity contribution in [2.45, 2.75) is 13.5 Å². The summed E-state index contributed by atoms with van der Waals surface area (Å²) in [5, 5.41) is 0.988. The van der Waals surface area contributed by atoms with E-state index in [2.05, 4.69) is 4.98 Å². The number of aryl methyl sites for hydroxylation is 1. The molecule has 0 amide bonds. The number of hydrogen-bond acceptors (Lipinski definition) is 4. The second-order valence-electron chi connectivity index (χ2n) is 4.58. The van der Waals surface area contributed by atoms with Crippen LogP contribution < -0.4 is 0 Å². The molecule has 0 aliphatic rings. The van der Waals surface area contributed by atoms with Crippen molar-refractivity contribution in [3.63, 3.8) is 0 Å². The van der Waals surface area contributed by atoms with Crippen LogP contribution in [0.25, 0.3) is 10.2 Å². The molecule has 4 heteroatoms. The second kappa shape index (κ2) is 5.43. The summed E-state index contributed by atoms with van der Waals surface area (Å²) < 4.78 is 5.32. The maximum absolute atomic E-state index is 12.0. The molecular formula is C16H13NO2S. The Labute approximate surface area is 120 Å². The molecule has 0 aliphatic heterocycles. The highest BCUT2D eigenvalue weighted by molar-refractivity contribution is 7.20. The maximum Gasteiger partial charge on any atom is 0.348 e. The lowest BCUT2D eigenvalue weighted by Gasteiger charge is -2.02. The summed E-state index contributed by atoms with van der Waals surface area (Å²) in [7, 11) is 0. The predicted octanol–water partition coefficient (Wildman–Crippen LogP) is 3.96. The van der Waals surface area contributed by atoms with E-state index in [-0.39, 0.29) is 5.97 Å². The van der Waals surface area contributed by atoms with E-state index in [0.717, 1.165) is 21.3 Å². The highest BCUT2D eigenvalue weighted by atomic mass is 32.1. The molecule has 0 atom stereocenters. The molecule has 2 heterocycles. The van der Waals surface area contributed by atoms with Gasteiger partial charge in [0.1, 0.15) is 16.3 Å². The number of nitrogens with zero attached hydrogens (tertiary/aromatic N) is 1. The number of thiophene rings is 1. The SMILES string of the molecule is Cc1cnc2sc(C(=O)OCc3ccccc3)cc2c1. The fraction of sp³-hybridized carbons (Fsp3) is 0.125. The number of carbonyl (C=O) groups is 1. The zero-order valence-electron chi connectivity index (χ0n) is 11.0. The molecule has 1 aromatic carbocycles. The molecule has 0 saturated heterocycles. The Balaban J connectivity index is 1.75. The van der Waals surface area contributed by atoms with Crippen molar-refractivity contribution in [2.24, 2.45) is 0 Å². The molecular weight excluding hydrogens is 270 g/mol. The quantitative estimate of drug-likeness (QED) is 0.683. The van der Waals surface area contributed by atoms with Crippen molar-refractivity contribution >= 4 is 27.5 Å². The molecule has 2 aromatic heterocycles. The Kier molecular flexibility index (Phi) is 3.48. The molecule has 3 aromatic rings. The van der Waals surface area contributed by atoms with Crippen LogP contribution >= 0.6 is 11.3 Å². The van der Waals surface area contributed by atoms with Gasteiger partial charge in [-0.2, -0.15) is 0 Å². The van der Waals surface area contributed by atoms with E-state index >= 15 is 0 Å². The van der Waals surface area contributed by atoms with Gasteiger partial charge in [0.05, 0.1) is 0 Å². The highest BCUT2D eigenvalue weighted by Crippen LogP contribution is 2.25. The van der Waals surface area contributed by atoms with Crippen LogP contribution in [0.15, 0.2) is 48.7 Å². The second-order valence-corrected chi connectivity index (χ2v) is 5.61. The van der Waals surface area contributed by atoms with E-state index in [4.69, 9.17) is 4.74 Å². The zero-order valence-corrected chi connectivity index (χ0v) is 11.8. The lowest BCUT2D eigenvalue weighted by Crippen LogP contribution is -2.02. The Morgan fingerprint density at radius 2 is 2.05 bits per heavy atom. The van der Waals surface area contributed by atoms with Crippen molar-refractivity contribution in [1.82, 2.24) is 4.98 Å². The largest absolute Gasteiger partial charge is 0.457 e. The van der Waals surface area contributed by atoms with Gasteiger partial charge in [-0.25, -0.2) is 9.78 Å². The van der Waals surface area contributed by atoms with Crippen LogP contribution in [-0.4, -0.2) is 11.0 Å². The van der Waals surface area contributed by atoms with Crippen molar-refractivity contribution in [1.29, 1.82) is 0 Å². The smallest absolute Gasteiger partial charge is 0.348 e. The van der Waals surface area contributed by atoms with Crippen LogP contribution in [0.1, 0.15) is 20.8 Å². The van der Waals surface area contributed by atoms with Gasteiger partial charge in [-0.15, -0.1) is 11.3 Å². The Hall–Kier alpha value is -2.20. The molecule has 0 aliphatic carbocycles. The van der Waals surface area contributed by atoms with E-state index < -0.39 is 0 Å². The molecule has 0 unspecified atom stereocenters. The van der Waals surface area contributed by atoms with Gasteiger partial charge in [-0.3, -0.25) is 0 Å². The molecule has 100 valence electrons. The average molecular weight is 283 g/mol. The van der Waals surface area contributed by atoms with Gasteiger partial charge >= 0.3 is 5.97 Å². The van der Waals surface area contributed by atoms with Crippen LogP contribution in [0.4, 0.5) is 0 Å². The van der Waals surface area contributed by atoms with E-state index in [1.165, 1.54) is 11.3 Å². The van der Waals surface area contributed by atoms with E-state index in [0.29, 0.717) is 11.5 Å². The first kappa shape index (κ1) is 12.8. The first-order chi connectivity index (χ1) is 9.72. The first-order valence-corrected chi connectivity index (χ1v) is 7.11. The van der Waals surface area contributed by atoms with Crippen LogP contribution in [-0.2, 0) is 11.3 Å². The third-order valence-electron chi connectivity index (χ3n) is 2.92. The number of ether oxygens (including phenoxy) is 1. The van der Waals surface area contributed by atoms with E-state index in [1.807, 2.05) is 49.4 Å². The Morgan fingerprint density at radius 1 is 1.25 bits per heavy atom. The third-order valence-corrected chi connectivity index (χ3v) is 3.96. The topological polar surface area (TPSA) is 39.2 Å². The predicted molar refractivity (Wildman–Crippen MR) is 79.9 cm³/mol. The summed E-state index contributed by atoms with van der Waals surface area (Å²) in [5.41, 5.74) is 2.07. The van der Waals surface area contributed by atoms with Gasteiger partial charge in [0.2, 0.25) is 0 Å². The molecule has 20 heavy (non-hydrogen) atoms. The molecule has 3 rings (SSSR count). The molecule has 3 nitrogen and oxygen atoms in total. The van der Waals surface area contributed by atoms with Crippen molar-refractivity contribution in [3.05, 3.63) is 64.7 Å². The lowest BCUT2D eigenvalue weighted by molar-refractivity contribution is 0.0478. The van der Waals surface area contributed by atoms with Gasteiger partial charge in [-0.1, -0.05) is 30.3 Å². The number of esters is 1. The zero-order chi connectivity index (χ0) is 13.9. The van der Waals surface area contributed by atoms with Gasteiger partial charge in [0.15, 0.2) is 0 Å². The summed E-state index contributed by atoms with van der Waals surface area (Å²) in [6.45, 7) is 2.28. The van der Waals surface area contributed by atoms with Crippen LogP contribution in [0.3, 0.4) is 0 Å². The molecule has 0 bridgehead atoms. The Bertz CT molecular complexity index is 750. The Morgan fingerprint density at radius 3 is 2.85 bits per heavy atom. The molecule has 0 spiro atoms. The van der Waals surface area contributed by atoms with Gasteiger partial charge in [0.25, 0.3) is 0 Å². The number of hydrogen-bond donors (Lipinski definition) is 0. The summed E-state index contributed by atoms with van der Waals surface area (Å²) in [4.78, 5) is 17.8. The average Bonchev–Trinajstić information content (AvgIpc) is 2.89. The molecule has 0 fully saturated rings. The summed E-state index contributed by atoms with van der Waals surface area (Å²) in [6, 6.07) is 13.5. The maximum atomic E-state index is 12.0. The minimum atomic E-state index is -0.297. The molecule has 0 radical (unpaired) electrons. The fourth-order valence-corrected chi connectivity index (χ4v) is 2.82. The molecule has 0 N–H and O–H groups in total. The number of fused-ring (bicyclic) bond motifs is 1. The van der Waals surface area contributed by atoms with E-state index in [9.17, 15) is 4.79 Å². The highest BCUT2D eigenvalue weighted by Gasteiger charge is 2.12. The normalized spacial score (nSPS) is 10.7. The minimum absolute atomic E-state index is 0.292. The minimum Gasteiger partial charge on any atom is -0.457 e. The van der Waals surface area contributed by atoms with Crippen LogP contribution in [0, 0.1) is 6.92 Å². The monoisotopic (exact) mass is 283 g/mol. The van der Waals surface area contributed by atoms with Gasteiger partial charge in [-0.05, 0) is 30.2 Å². The third kappa shape index (κ3) is 2.70. The number of pyridine rings is 1. The van der Waals surface area contributed by atoms with Gasteiger partial charge in [0, 0.05) is 11.6 Å². The van der Waals surface area contributed by atoms with Crippen molar-refractivity contribution < 1.29 is 9.53 Å². The number of aromatic nitrogens is 1. The lowest BCUT2D eigenvalue weighted by atomic mass is 10.2. The first-order valence-electron chi connectivity index (χ1n) is 6.29. The number of benzene rings is 1. The van der Waals surface area contributed by atoms with Gasteiger partial charge < -0.3 is 4.74 Å². The van der Waals surface area contributed by atoms with E-state index in [1.54, 1.807) is 6.20 Å². The number of rotatable bonds is 3. The van der Waals surface area contributed by atoms with Crippen LogP contribution in [0.5, 0.6) is 0 Å². The van der Waals surface area contributed by atoms with Crippen molar-refractivity contribution in [3.8, 4) is 0 Å². The van der Waals surface area contributed by atoms with Crippen molar-refractivity contribution in [2.75, 3.05) is 0 Å². The van der Waals surface area contributed by atoms with Crippen LogP contribution in [0.2, 0.25) is 0 Å². The fourth-order valence-electron chi connectivity index (χ4n) is 1.94. The standard InChI is InChI=1S/C16H13NO2S/c1-11-7-13-8-14(20-15(13)17-9-11)16(18)19-10-12-5-3-2-4-6-12/h2-9H,10H2,1H3. The summed E-state index contributed by atoms with van der Waals surface area (Å²) in [5.74, 6) is -0.297. The molecule has 0 saturated carbocycles. The summed E-state index contributed by atoms with van der Waals surface area (Å²) in [6.07, 6.45) is 1.80.